The summed E-state index contributed by atoms with van der Waals surface area (Å²) in [5.74, 6) is 1.39. The van der Waals surface area contributed by atoms with Gasteiger partial charge in [-0.25, -0.2) is 4.98 Å². The highest BCUT2D eigenvalue weighted by Crippen LogP contribution is 2.32. The maximum absolute atomic E-state index is 11.2. The maximum atomic E-state index is 11.2. The van der Waals surface area contributed by atoms with Crippen molar-refractivity contribution in [1.82, 2.24) is 9.38 Å². The first-order valence-electron chi connectivity index (χ1n) is 6.02. The van der Waals surface area contributed by atoms with E-state index in [1.807, 2.05) is 46.9 Å². The number of carbonyl (C=O) groups excluding carboxylic acids is 1. The SMILES string of the molecule is COc1ccccc1-c1nc(C=O)c2cccc(Br)n12. The predicted octanol–water partition coefficient (Wildman–Crippen LogP) is 3.58. The highest BCUT2D eigenvalue weighted by molar-refractivity contribution is 9.10. The average molecular weight is 331 g/mol. The van der Waals surface area contributed by atoms with E-state index in [1.54, 1.807) is 7.11 Å². The van der Waals surface area contributed by atoms with Gasteiger partial charge in [-0.3, -0.25) is 9.20 Å². The van der Waals surface area contributed by atoms with Gasteiger partial charge in [0.05, 0.1) is 22.8 Å². The van der Waals surface area contributed by atoms with Crippen molar-refractivity contribution in [2.45, 2.75) is 0 Å². The molecule has 0 saturated heterocycles. The number of ether oxygens (including phenoxy) is 1. The summed E-state index contributed by atoms with van der Waals surface area (Å²) in [5, 5.41) is 0. The molecular formula is C15H11BrN2O2. The molecule has 100 valence electrons. The predicted molar refractivity (Wildman–Crippen MR) is 80.3 cm³/mol. The Balaban J connectivity index is 2.39. The van der Waals surface area contributed by atoms with Crippen LogP contribution in [0.5, 0.6) is 5.75 Å². The second-order valence-corrected chi connectivity index (χ2v) is 5.02. The number of fused-ring (bicyclic) bond motifs is 1. The summed E-state index contributed by atoms with van der Waals surface area (Å²) in [5.41, 5.74) is 2.01. The summed E-state index contributed by atoms with van der Waals surface area (Å²) >= 11 is 3.50. The molecule has 0 aliphatic carbocycles. The molecule has 2 aromatic heterocycles. The van der Waals surface area contributed by atoms with Gasteiger partial charge in [-0.05, 0) is 40.2 Å². The number of aldehydes is 1. The molecule has 0 N–H and O–H groups in total. The monoisotopic (exact) mass is 330 g/mol. The Kier molecular flexibility index (Phi) is 3.28. The molecule has 0 bridgehead atoms. The van der Waals surface area contributed by atoms with Crippen molar-refractivity contribution >= 4 is 27.7 Å². The molecule has 2 heterocycles. The van der Waals surface area contributed by atoms with E-state index in [2.05, 4.69) is 20.9 Å². The van der Waals surface area contributed by atoms with Crippen molar-refractivity contribution in [3.05, 3.63) is 52.8 Å². The number of methoxy groups -OCH3 is 1. The van der Waals surface area contributed by atoms with E-state index >= 15 is 0 Å². The summed E-state index contributed by atoms with van der Waals surface area (Å²) in [6, 6.07) is 13.2. The van der Waals surface area contributed by atoms with Gasteiger partial charge in [0.25, 0.3) is 0 Å². The van der Waals surface area contributed by atoms with Crippen molar-refractivity contribution in [2.24, 2.45) is 0 Å². The van der Waals surface area contributed by atoms with Crippen LogP contribution in [0.25, 0.3) is 16.9 Å². The number of aromatic nitrogens is 2. The fraction of sp³-hybridized carbons (Fsp3) is 0.0667. The minimum Gasteiger partial charge on any atom is -0.496 e. The summed E-state index contributed by atoms with van der Waals surface area (Å²) in [6.07, 6.45) is 0.765. The number of rotatable bonds is 3. The van der Waals surface area contributed by atoms with Crippen LogP contribution in [-0.4, -0.2) is 22.8 Å². The molecule has 0 unspecified atom stereocenters. The number of imidazole rings is 1. The fourth-order valence-corrected chi connectivity index (χ4v) is 2.73. The highest BCUT2D eigenvalue weighted by atomic mass is 79.9. The van der Waals surface area contributed by atoms with Crippen LogP contribution in [-0.2, 0) is 0 Å². The third-order valence-electron chi connectivity index (χ3n) is 3.10. The second kappa shape index (κ2) is 5.09. The molecule has 0 aliphatic rings. The molecule has 3 rings (SSSR count). The zero-order chi connectivity index (χ0) is 14.1. The smallest absolute Gasteiger partial charge is 0.170 e. The van der Waals surface area contributed by atoms with Crippen LogP contribution in [0.1, 0.15) is 10.5 Å². The van der Waals surface area contributed by atoms with Gasteiger partial charge in [0.1, 0.15) is 17.3 Å². The van der Waals surface area contributed by atoms with Gasteiger partial charge in [0.15, 0.2) is 6.29 Å². The van der Waals surface area contributed by atoms with E-state index in [-0.39, 0.29) is 0 Å². The molecule has 0 atom stereocenters. The van der Waals surface area contributed by atoms with Gasteiger partial charge in [-0.1, -0.05) is 18.2 Å². The first kappa shape index (κ1) is 12.9. The van der Waals surface area contributed by atoms with Crippen LogP contribution in [0.4, 0.5) is 0 Å². The Hall–Kier alpha value is -2.14. The van der Waals surface area contributed by atoms with Crippen LogP contribution in [0.3, 0.4) is 0 Å². The first-order valence-corrected chi connectivity index (χ1v) is 6.81. The minimum absolute atomic E-state index is 0.409. The molecule has 0 saturated carbocycles. The normalized spacial score (nSPS) is 10.7. The molecule has 0 fully saturated rings. The molecule has 0 radical (unpaired) electrons. The summed E-state index contributed by atoms with van der Waals surface area (Å²) < 4.78 is 8.10. The number of hydrogen-bond acceptors (Lipinski definition) is 3. The molecule has 4 nitrogen and oxygen atoms in total. The highest BCUT2D eigenvalue weighted by Gasteiger charge is 2.16. The molecule has 3 aromatic rings. The van der Waals surface area contributed by atoms with Gasteiger partial charge < -0.3 is 4.74 Å². The van der Waals surface area contributed by atoms with Gasteiger partial charge in [-0.15, -0.1) is 0 Å². The Morgan fingerprint density at radius 1 is 1.20 bits per heavy atom. The van der Waals surface area contributed by atoms with E-state index in [1.165, 1.54) is 0 Å². The lowest BCUT2D eigenvalue weighted by molar-refractivity contribution is 0.112. The number of carbonyl (C=O) groups is 1. The van der Waals surface area contributed by atoms with Gasteiger partial charge in [0.2, 0.25) is 0 Å². The molecule has 1 aromatic carbocycles. The summed E-state index contributed by atoms with van der Waals surface area (Å²) in [4.78, 5) is 15.6. The second-order valence-electron chi connectivity index (χ2n) is 4.21. The standard InChI is InChI=1S/C15H11BrN2O2/c1-20-13-7-3-2-5-10(13)15-17-11(9-19)12-6-4-8-14(16)18(12)15/h2-9H,1H3. The van der Waals surface area contributed by atoms with Gasteiger partial charge >= 0.3 is 0 Å². The van der Waals surface area contributed by atoms with E-state index in [0.29, 0.717) is 17.3 Å². The largest absolute Gasteiger partial charge is 0.496 e. The third-order valence-corrected chi connectivity index (χ3v) is 3.72. The first-order chi connectivity index (χ1) is 9.76. The molecule has 0 aliphatic heterocycles. The zero-order valence-electron chi connectivity index (χ0n) is 10.7. The topological polar surface area (TPSA) is 43.6 Å². The zero-order valence-corrected chi connectivity index (χ0v) is 12.3. The Labute approximate surface area is 124 Å². The van der Waals surface area contributed by atoms with Crippen molar-refractivity contribution in [3.8, 4) is 17.1 Å². The van der Waals surface area contributed by atoms with E-state index in [0.717, 1.165) is 22.0 Å². The number of para-hydroxylation sites is 1. The molecule has 0 amide bonds. The molecule has 20 heavy (non-hydrogen) atoms. The van der Waals surface area contributed by atoms with E-state index in [4.69, 9.17) is 4.74 Å². The number of pyridine rings is 1. The quantitative estimate of drug-likeness (QED) is 0.544. The van der Waals surface area contributed by atoms with Crippen LogP contribution in [0, 0.1) is 0 Å². The van der Waals surface area contributed by atoms with Gasteiger partial charge in [0, 0.05) is 0 Å². The van der Waals surface area contributed by atoms with E-state index < -0.39 is 0 Å². The summed E-state index contributed by atoms with van der Waals surface area (Å²) in [7, 11) is 1.62. The van der Waals surface area contributed by atoms with Crippen LogP contribution < -0.4 is 4.74 Å². The lowest BCUT2D eigenvalue weighted by Crippen LogP contribution is -1.94. The lowest BCUT2D eigenvalue weighted by Gasteiger charge is -2.08. The van der Waals surface area contributed by atoms with Crippen molar-refractivity contribution in [2.75, 3.05) is 7.11 Å². The Morgan fingerprint density at radius 3 is 2.75 bits per heavy atom. The molecular weight excluding hydrogens is 320 g/mol. The Morgan fingerprint density at radius 2 is 2.00 bits per heavy atom. The third kappa shape index (κ3) is 1.91. The minimum atomic E-state index is 0.409. The maximum Gasteiger partial charge on any atom is 0.170 e. The fourth-order valence-electron chi connectivity index (χ4n) is 2.22. The van der Waals surface area contributed by atoms with Gasteiger partial charge in [-0.2, -0.15) is 0 Å². The lowest BCUT2D eigenvalue weighted by atomic mass is 10.2. The Bertz CT molecular complexity index is 796. The molecule has 0 spiro atoms. The number of halogens is 1. The average Bonchev–Trinajstić information content (AvgIpc) is 2.87. The van der Waals surface area contributed by atoms with Crippen molar-refractivity contribution in [1.29, 1.82) is 0 Å². The number of hydrogen-bond donors (Lipinski definition) is 0. The molecule has 5 heteroatoms. The van der Waals surface area contributed by atoms with Crippen molar-refractivity contribution in [3.63, 3.8) is 0 Å². The summed E-state index contributed by atoms with van der Waals surface area (Å²) in [6.45, 7) is 0. The van der Waals surface area contributed by atoms with Crippen molar-refractivity contribution < 1.29 is 9.53 Å². The number of benzene rings is 1. The number of nitrogens with zero attached hydrogens (tertiary/aromatic N) is 2. The van der Waals surface area contributed by atoms with Crippen LogP contribution >= 0.6 is 15.9 Å². The van der Waals surface area contributed by atoms with E-state index in [9.17, 15) is 4.79 Å². The van der Waals surface area contributed by atoms with Crippen LogP contribution in [0.15, 0.2) is 47.1 Å². The van der Waals surface area contributed by atoms with Crippen LogP contribution in [0.2, 0.25) is 0 Å².